The molecule has 2 aliphatic rings. The van der Waals surface area contributed by atoms with Crippen molar-refractivity contribution < 1.29 is 9.90 Å². The summed E-state index contributed by atoms with van der Waals surface area (Å²) in [4.78, 5) is 37.4. The molecule has 6 rings (SSSR count). The van der Waals surface area contributed by atoms with E-state index in [1.165, 1.54) is 6.08 Å². The summed E-state index contributed by atoms with van der Waals surface area (Å²) < 4.78 is 1.80. The fourth-order valence-electron chi connectivity index (χ4n) is 6.53. The number of aromatic hydroxyl groups is 1. The maximum atomic E-state index is 14.1. The third kappa shape index (κ3) is 4.81. The first-order valence-corrected chi connectivity index (χ1v) is 14.7. The molecule has 1 N–H and O–H groups in total. The van der Waals surface area contributed by atoms with Crippen molar-refractivity contribution in [1.29, 1.82) is 0 Å². The Morgan fingerprint density at radius 1 is 1.05 bits per heavy atom. The molecule has 0 spiro atoms. The van der Waals surface area contributed by atoms with Gasteiger partial charge in [0.2, 0.25) is 5.91 Å². The van der Waals surface area contributed by atoms with Gasteiger partial charge in [-0.1, -0.05) is 62.9 Å². The predicted molar refractivity (Wildman–Crippen MR) is 168 cm³/mol. The molecule has 0 radical (unpaired) electrons. The molecule has 3 heterocycles. The Morgan fingerprint density at radius 2 is 1.81 bits per heavy atom. The van der Waals surface area contributed by atoms with E-state index in [0.29, 0.717) is 45.0 Å². The van der Waals surface area contributed by atoms with Crippen LogP contribution in [0.2, 0.25) is 0 Å². The van der Waals surface area contributed by atoms with Gasteiger partial charge >= 0.3 is 5.69 Å². The van der Waals surface area contributed by atoms with E-state index < -0.39 is 0 Å². The third-order valence-electron chi connectivity index (χ3n) is 8.60. The number of phenols is 1. The normalized spacial score (nSPS) is 17.0. The lowest BCUT2D eigenvalue weighted by Gasteiger charge is -2.42. The van der Waals surface area contributed by atoms with Crippen LogP contribution in [0, 0.1) is 0 Å². The minimum Gasteiger partial charge on any atom is -0.508 e. The van der Waals surface area contributed by atoms with Gasteiger partial charge in [-0.2, -0.15) is 4.98 Å². The minimum atomic E-state index is -0.309. The molecule has 0 unspecified atom stereocenters. The summed E-state index contributed by atoms with van der Waals surface area (Å²) in [6, 6.07) is 19.7. The maximum absolute atomic E-state index is 14.1. The average molecular weight is 564 g/mol. The molecule has 1 aromatic heterocycles. The van der Waals surface area contributed by atoms with E-state index in [4.69, 9.17) is 4.98 Å². The van der Waals surface area contributed by atoms with Crippen LogP contribution in [0.4, 0.5) is 11.5 Å². The molecular formula is C34H37N5O3. The Kier molecular flexibility index (Phi) is 7.22. The smallest absolute Gasteiger partial charge is 0.354 e. The Bertz CT molecular complexity index is 1740. The van der Waals surface area contributed by atoms with Crippen molar-refractivity contribution >= 4 is 28.2 Å². The van der Waals surface area contributed by atoms with Crippen LogP contribution < -0.4 is 15.5 Å². The number of fused-ring (bicyclic) bond motifs is 2. The zero-order valence-corrected chi connectivity index (χ0v) is 24.5. The summed E-state index contributed by atoms with van der Waals surface area (Å²) in [5, 5.41) is 12.6. The molecule has 1 saturated heterocycles. The number of piperazine rings is 1. The van der Waals surface area contributed by atoms with E-state index in [-0.39, 0.29) is 29.3 Å². The van der Waals surface area contributed by atoms with Gasteiger partial charge in [0.15, 0.2) is 0 Å². The summed E-state index contributed by atoms with van der Waals surface area (Å²) in [6.45, 7) is 12.9. The largest absolute Gasteiger partial charge is 0.508 e. The van der Waals surface area contributed by atoms with Crippen molar-refractivity contribution in [2.75, 3.05) is 36.0 Å². The molecule has 8 nitrogen and oxygen atoms in total. The quantitative estimate of drug-likeness (QED) is 0.344. The number of benzene rings is 3. The predicted octanol–water partition coefficient (Wildman–Crippen LogP) is 5.00. The number of para-hydroxylation sites is 1. The van der Waals surface area contributed by atoms with Gasteiger partial charge in [-0.05, 0) is 48.4 Å². The van der Waals surface area contributed by atoms with Gasteiger partial charge in [-0.3, -0.25) is 9.36 Å². The van der Waals surface area contributed by atoms with E-state index in [2.05, 4.69) is 49.3 Å². The summed E-state index contributed by atoms with van der Waals surface area (Å²) in [7, 11) is 0. The lowest BCUT2D eigenvalue weighted by atomic mass is 9.98. The third-order valence-corrected chi connectivity index (χ3v) is 8.60. The highest BCUT2D eigenvalue weighted by Crippen LogP contribution is 2.37. The number of hydrogen-bond acceptors (Lipinski definition) is 6. The number of carbonyl (C=O) groups excluding carboxylic acids is 1. The molecule has 1 fully saturated rings. The topological polar surface area (TPSA) is 81.9 Å². The molecule has 3 aromatic carbocycles. The second-order valence-electron chi connectivity index (χ2n) is 11.6. The summed E-state index contributed by atoms with van der Waals surface area (Å²) in [6.07, 6.45) is 2.04. The molecule has 216 valence electrons. The van der Waals surface area contributed by atoms with Crippen molar-refractivity contribution in [2.24, 2.45) is 0 Å². The van der Waals surface area contributed by atoms with E-state index in [9.17, 15) is 14.7 Å². The lowest BCUT2D eigenvalue weighted by molar-refractivity contribution is -0.126. The van der Waals surface area contributed by atoms with Crippen molar-refractivity contribution in [3.63, 3.8) is 0 Å². The molecule has 1 atom stereocenters. The Balaban J connectivity index is 1.51. The average Bonchev–Trinajstić information content (AvgIpc) is 2.99. The van der Waals surface area contributed by atoms with E-state index in [1.807, 2.05) is 42.5 Å². The van der Waals surface area contributed by atoms with Crippen molar-refractivity contribution in [3.8, 4) is 11.4 Å². The number of anilines is 2. The van der Waals surface area contributed by atoms with Crippen LogP contribution in [-0.2, 0) is 17.8 Å². The van der Waals surface area contributed by atoms with Crippen molar-refractivity contribution in [3.05, 3.63) is 101 Å². The van der Waals surface area contributed by atoms with Gasteiger partial charge in [0.1, 0.15) is 11.6 Å². The first kappa shape index (κ1) is 27.6. The highest BCUT2D eigenvalue weighted by atomic mass is 16.3. The maximum Gasteiger partial charge on any atom is 0.354 e. The molecule has 0 saturated carbocycles. The molecule has 2 aliphatic heterocycles. The number of rotatable bonds is 5. The standard InChI is InChI=1S/C34H37N5O3/c1-5-32(41)37-16-17-38(23(4)20-37)33-28-14-15-36(30-19-25(40)18-24-10-6-7-12-27(24)30)21-31(28)39(34(42)35-33)29-13-9-8-11-26(29)22(2)3/h5-13,18-19,22-23,40H,1,14-17,20-21H2,2-4H3/t23-/m0/s1. The zero-order valence-electron chi connectivity index (χ0n) is 24.5. The van der Waals surface area contributed by atoms with Gasteiger partial charge in [0.05, 0.1) is 17.9 Å². The van der Waals surface area contributed by atoms with E-state index >= 15 is 0 Å². The molecule has 0 aliphatic carbocycles. The number of phenolic OH excluding ortho intramolecular Hbond substituents is 1. The zero-order chi connectivity index (χ0) is 29.5. The van der Waals surface area contributed by atoms with Crippen LogP contribution >= 0.6 is 0 Å². The molecule has 42 heavy (non-hydrogen) atoms. The minimum absolute atomic E-state index is 0.00880. The SMILES string of the molecule is C=CC(=O)N1CCN(c2nc(=O)n(-c3ccccc3C(C)C)c3c2CCN(c2cc(O)cc4ccccc24)C3)[C@@H](C)C1. The Labute approximate surface area is 246 Å². The number of aromatic nitrogens is 2. The fraction of sp³-hybridized carbons (Fsp3) is 0.324. The number of carbonyl (C=O) groups is 1. The molecule has 0 bridgehead atoms. The molecule has 8 heteroatoms. The van der Waals surface area contributed by atoms with Crippen LogP contribution in [0.15, 0.2) is 78.1 Å². The van der Waals surface area contributed by atoms with Gasteiger partial charge in [0.25, 0.3) is 0 Å². The van der Waals surface area contributed by atoms with E-state index in [0.717, 1.165) is 39.0 Å². The van der Waals surface area contributed by atoms with Crippen LogP contribution in [-0.4, -0.2) is 57.7 Å². The molecular weight excluding hydrogens is 526 g/mol. The van der Waals surface area contributed by atoms with Gasteiger partial charge in [0, 0.05) is 54.9 Å². The first-order valence-electron chi connectivity index (χ1n) is 14.7. The van der Waals surface area contributed by atoms with Crippen molar-refractivity contribution in [2.45, 2.75) is 45.7 Å². The molecule has 4 aromatic rings. The van der Waals surface area contributed by atoms with Gasteiger partial charge in [-0.15, -0.1) is 0 Å². The lowest BCUT2D eigenvalue weighted by Crippen LogP contribution is -2.54. The number of nitrogens with zero attached hydrogens (tertiary/aromatic N) is 5. The second-order valence-corrected chi connectivity index (χ2v) is 11.6. The summed E-state index contributed by atoms with van der Waals surface area (Å²) in [5.74, 6) is 1.07. The van der Waals surface area contributed by atoms with Crippen molar-refractivity contribution in [1.82, 2.24) is 14.5 Å². The van der Waals surface area contributed by atoms with Crippen LogP contribution in [0.3, 0.4) is 0 Å². The van der Waals surface area contributed by atoms with Crippen LogP contribution in [0.1, 0.15) is 43.5 Å². The Morgan fingerprint density at radius 3 is 2.57 bits per heavy atom. The summed E-state index contributed by atoms with van der Waals surface area (Å²) in [5.41, 5.74) is 4.54. The molecule has 1 amide bonds. The highest BCUT2D eigenvalue weighted by Gasteiger charge is 2.33. The number of hydrogen-bond donors (Lipinski definition) is 1. The second kappa shape index (κ2) is 11.0. The van der Waals surface area contributed by atoms with Crippen LogP contribution in [0.25, 0.3) is 16.5 Å². The monoisotopic (exact) mass is 563 g/mol. The summed E-state index contributed by atoms with van der Waals surface area (Å²) >= 11 is 0. The van der Waals surface area contributed by atoms with E-state index in [1.54, 1.807) is 15.5 Å². The fourth-order valence-corrected chi connectivity index (χ4v) is 6.53. The van der Waals surface area contributed by atoms with Crippen LogP contribution in [0.5, 0.6) is 5.75 Å². The number of amides is 1. The Hall–Kier alpha value is -4.59. The van der Waals surface area contributed by atoms with Gasteiger partial charge < -0.3 is 19.8 Å². The first-order chi connectivity index (χ1) is 20.3. The van der Waals surface area contributed by atoms with Gasteiger partial charge in [-0.25, -0.2) is 4.79 Å². The highest BCUT2D eigenvalue weighted by molar-refractivity contribution is 5.95.